The molecule has 0 amide bonds. The molecular weight excluding hydrogens is 306 g/mol. The van der Waals surface area contributed by atoms with Crippen molar-refractivity contribution in [2.24, 2.45) is 0 Å². The van der Waals surface area contributed by atoms with Crippen molar-refractivity contribution in [1.29, 1.82) is 0 Å². The summed E-state index contributed by atoms with van der Waals surface area (Å²) < 4.78 is 10.5. The Labute approximate surface area is 142 Å². The third-order valence-electron chi connectivity index (χ3n) is 4.23. The number of carbonyl (C=O) groups is 2. The lowest BCUT2D eigenvalue weighted by atomic mass is 10.1. The number of benzene rings is 1. The molecule has 0 spiro atoms. The summed E-state index contributed by atoms with van der Waals surface area (Å²) in [6.45, 7) is 9.34. The summed E-state index contributed by atoms with van der Waals surface area (Å²) in [6, 6.07) is 3.99. The summed E-state index contributed by atoms with van der Waals surface area (Å²) in [4.78, 5) is 27.3. The van der Waals surface area contributed by atoms with E-state index in [1.165, 1.54) is 7.11 Å². The summed E-state index contributed by atoms with van der Waals surface area (Å²) in [5, 5.41) is 0. The second kappa shape index (κ2) is 6.91. The van der Waals surface area contributed by atoms with Crippen molar-refractivity contribution in [3.05, 3.63) is 51.3 Å². The van der Waals surface area contributed by atoms with Gasteiger partial charge < -0.3 is 14.5 Å². The fraction of sp³-hybridized carbons (Fsp3) is 0.368. The first-order chi connectivity index (χ1) is 11.3. The van der Waals surface area contributed by atoms with E-state index in [4.69, 9.17) is 9.47 Å². The first-order valence-electron chi connectivity index (χ1n) is 7.77. The van der Waals surface area contributed by atoms with Crippen LogP contribution in [-0.2, 0) is 4.74 Å². The first-order valence-corrected chi connectivity index (χ1v) is 7.77. The zero-order chi connectivity index (χ0) is 18.0. The molecule has 0 atom stereocenters. The maximum absolute atomic E-state index is 12.5. The summed E-state index contributed by atoms with van der Waals surface area (Å²) in [5.41, 5.74) is 5.22. The van der Waals surface area contributed by atoms with Gasteiger partial charge in [-0.2, -0.15) is 0 Å². The lowest BCUT2D eigenvalue weighted by Crippen LogP contribution is -2.14. The number of ketones is 1. The van der Waals surface area contributed by atoms with Crippen molar-refractivity contribution >= 4 is 11.8 Å². The van der Waals surface area contributed by atoms with Crippen LogP contribution in [0.3, 0.4) is 0 Å². The van der Waals surface area contributed by atoms with Gasteiger partial charge in [0.1, 0.15) is 5.75 Å². The van der Waals surface area contributed by atoms with Crippen LogP contribution in [0.15, 0.2) is 12.1 Å². The zero-order valence-corrected chi connectivity index (χ0v) is 15.0. The molecule has 5 heteroatoms. The maximum Gasteiger partial charge on any atom is 0.339 e. The normalized spacial score (nSPS) is 10.6. The van der Waals surface area contributed by atoms with E-state index in [0.717, 1.165) is 16.7 Å². The maximum atomic E-state index is 12.5. The second-order valence-corrected chi connectivity index (χ2v) is 6.03. The minimum absolute atomic E-state index is 0.0921. The molecule has 0 fully saturated rings. The predicted octanol–water partition coefficient (Wildman–Crippen LogP) is 3.61. The van der Waals surface area contributed by atoms with Crippen LogP contribution < -0.4 is 4.74 Å². The molecule has 0 aliphatic carbocycles. The zero-order valence-electron chi connectivity index (χ0n) is 15.0. The SMILES string of the molecule is COC(=O)c1c(C)[nH]c(C(=O)COc2cc(C)cc(C)c2C)c1C. The fourth-order valence-corrected chi connectivity index (χ4v) is 2.80. The molecule has 128 valence electrons. The van der Waals surface area contributed by atoms with Gasteiger partial charge in [-0.15, -0.1) is 0 Å². The van der Waals surface area contributed by atoms with Crippen molar-refractivity contribution in [2.75, 3.05) is 13.7 Å². The Morgan fingerprint density at radius 2 is 1.71 bits per heavy atom. The molecule has 0 saturated heterocycles. The van der Waals surface area contributed by atoms with Crippen LogP contribution in [0.4, 0.5) is 0 Å². The van der Waals surface area contributed by atoms with E-state index in [1.807, 2.05) is 26.8 Å². The van der Waals surface area contributed by atoms with Crippen LogP contribution in [-0.4, -0.2) is 30.5 Å². The molecule has 2 aromatic rings. The molecule has 1 aromatic heterocycles. The number of hydrogen-bond acceptors (Lipinski definition) is 4. The number of aryl methyl sites for hydroxylation is 3. The van der Waals surface area contributed by atoms with E-state index >= 15 is 0 Å². The minimum atomic E-state index is -0.452. The average Bonchev–Trinajstić information content (AvgIpc) is 2.83. The number of ether oxygens (including phenoxy) is 2. The molecular formula is C19H23NO4. The summed E-state index contributed by atoms with van der Waals surface area (Å²) in [5.74, 6) is 0.0469. The molecule has 1 N–H and O–H groups in total. The lowest BCUT2D eigenvalue weighted by molar-refractivity contribution is 0.0599. The molecule has 0 aliphatic heterocycles. The number of hydrogen-bond donors (Lipinski definition) is 1. The number of aromatic amines is 1. The Balaban J connectivity index is 2.21. The van der Waals surface area contributed by atoms with E-state index in [2.05, 4.69) is 11.1 Å². The highest BCUT2D eigenvalue weighted by molar-refractivity contribution is 6.02. The van der Waals surface area contributed by atoms with Gasteiger partial charge in [-0.1, -0.05) is 6.07 Å². The van der Waals surface area contributed by atoms with Crippen LogP contribution in [0, 0.1) is 34.6 Å². The molecule has 1 heterocycles. The monoisotopic (exact) mass is 329 g/mol. The smallest absolute Gasteiger partial charge is 0.339 e. The summed E-state index contributed by atoms with van der Waals surface area (Å²) >= 11 is 0. The number of esters is 1. The third-order valence-corrected chi connectivity index (χ3v) is 4.23. The van der Waals surface area contributed by atoms with Gasteiger partial charge >= 0.3 is 5.97 Å². The first kappa shape index (κ1) is 17.8. The molecule has 24 heavy (non-hydrogen) atoms. The Bertz CT molecular complexity index is 802. The number of rotatable bonds is 5. The molecule has 0 saturated carbocycles. The number of carbonyl (C=O) groups excluding carboxylic acids is 2. The highest BCUT2D eigenvalue weighted by atomic mass is 16.5. The molecule has 2 rings (SSSR count). The number of H-pyrrole nitrogens is 1. The number of aromatic nitrogens is 1. The molecule has 0 radical (unpaired) electrons. The van der Waals surface area contributed by atoms with Crippen molar-refractivity contribution < 1.29 is 19.1 Å². The van der Waals surface area contributed by atoms with Gasteiger partial charge in [0.25, 0.3) is 0 Å². The van der Waals surface area contributed by atoms with E-state index in [0.29, 0.717) is 28.3 Å². The Hall–Kier alpha value is -2.56. The largest absolute Gasteiger partial charge is 0.485 e. The predicted molar refractivity (Wildman–Crippen MR) is 92.1 cm³/mol. The van der Waals surface area contributed by atoms with Gasteiger partial charge in [-0.05, 0) is 62.9 Å². The topological polar surface area (TPSA) is 68.4 Å². The number of nitrogens with one attached hydrogen (secondary N) is 1. The Morgan fingerprint density at radius 3 is 2.33 bits per heavy atom. The Kier molecular flexibility index (Phi) is 5.12. The minimum Gasteiger partial charge on any atom is -0.485 e. The number of methoxy groups -OCH3 is 1. The van der Waals surface area contributed by atoms with E-state index in [1.54, 1.807) is 13.8 Å². The lowest BCUT2D eigenvalue weighted by Gasteiger charge is -2.12. The van der Waals surface area contributed by atoms with Gasteiger partial charge in [-0.3, -0.25) is 4.79 Å². The molecule has 0 aliphatic rings. The fourth-order valence-electron chi connectivity index (χ4n) is 2.80. The average molecular weight is 329 g/mol. The van der Waals surface area contributed by atoms with Gasteiger partial charge in [0.05, 0.1) is 18.4 Å². The molecule has 5 nitrogen and oxygen atoms in total. The highest BCUT2D eigenvalue weighted by Gasteiger charge is 2.22. The van der Waals surface area contributed by atoms with Crippen LogP contribution in [0.25, 0.3) is 0 Å². The molecule has 1 aromatic carbocycles. The van der Waals surface area contributed by atoms with E-state index in [-0.39, 0.29) is 12.4 Å². The van der Waals surface area contributed by atoms with Crippen LogP contribution in [0.1, 0.15) is 48.8 Å². The summed E-state index contributed by atoms with van der Waals surface area (Å²) in [7, 11) is 1.32. The van der Waals surface area contributed by atoms with Crippen molar-refractivity contribution in [2.45, 2.75) is 34.6 Å². The quantitative estimate of drug-likeness (QED) is 0.672. The van der Waals surface area contributed by atoms with Crippen LogP contribution >= 0.6 is 0 Å². The highest BCUT2D eigenvalue weighted by Crippen LogP contribution is 2.24. The van der Waals surface area contributed by atoms with Gasteiger partial charge in [0, 0.05) is 5.69 Å². The van der Waals surface area contributed by atoms with Crippen molar-refractivity contribution in [3.63, 3.8) is 0 Å². The summed E-state index contributed by atoms with van der Waals surface area (Å²) in [6.07, 6.45) is 0. The number of Topliss-reactive ketones (excluding diaryl/α,β-unsaturated/α-hetero) is 1. The molecule has 0 unspecified atom stereocenters. The van der Waals surface area contributed by atoms with Crippen molar-refractivity contribution in [3.8, 4) is 5.75 Å². The van der Waals surface area contributed by atoms with E-state index in [9.17, 15) is 9.59 Å². The molecule has 0 bridgehead atoms. The van der Waals surface area contributed by atoms with E-state index < -0.39 is 5.97 Å². The standard InChI is InChI=1S/C19H23NO4/c1-10-7-11(2)12(3)16(8-10)24-9-15(21)18-13(4)17(14(5)20-18)19(22)23-6/h7-8,20H,9H2,1-6H3. The Morgan fingerprint density at radius 1 is 1.04 bits per heavy atom. The van der Waals surface area contributed by atoms with Crippen molar-refractivity contribution in [1.82, 2.24) is 4.98 Å². The van der Waals surface area contributed by atoms with Gasteiger partial charge in [0.2, 0.25) is 5.78 Å². The van der Waals surface area contributed by atoms with Gasteiger partial charge in [-0.25, -0.2) is 4.79 Å². The second-order valence-electron chi connectivity index (χ2n) is 6.03. The van der Waals surface area contributed by atoms with Gasteiger partial charge in [0.15, 0.2) is 6.61 Å². The van der Waals surface area contributed by atoms with Crippen LogP contribution in [0.5, 0.6) is 5.75 Å². The van der Waals surface area contributed by atoms with Crippen LogP contribution in [0.2, 0.25) is 0 Å². The third kappa shape index (κ3) is 3.35.